The molecule has 23 heavy (non-hydrogen) atoms. The number of likely N-dealkylation sites (tertiary alicyclic amines) is 2. The number of carbonyl (C=O) groups excluding carboxylic acids is 2. The minimum Gasteiger partial charge on any atom is -0.341 e. The Morgan fingerprint density at radius 3 is 2.83 bits per heavy atom. The van der Waals surface area contributed by atoms with Gasteiger partial charge in [0.15, 0.2) is 0 Å². The van der Waals surface area contributed by atoms with Crippen LogP contribution in [0.4, 0.5) is 0 Å². The first-order valence-corrected chi connectivity index (χ1v) is 8.75. The Balaban J connectivity index is 1.70. The Bertz CT molecular complexity index is 555. The van der Waals surface area contributed by atoms with E-state index in [0.29, 0.717) is 12.8 Å². The molecule has 3 rings (SSSR count). The first-order valence-electron chi connectivity index (χ1n) is 8.75. The molecular formula is C17H26N4O2. The summed E-state index contributed by atoms with van der Waals surface area (Å²) in [4.78, 5) is 29.6. The molecule has 2 saturated heterocycles. The Kier molecular flexibility index (Phi) is 4.68. The van der Waals surface area contributed by atoms with Crippen LogP contribution in [0.2, 0.25) is 0 Å². The van der Waals surface area contributed by atoms with Gasteiger partial charge < -0.3 is 9.80 Å². The first kappa shape index (κ1) is 16.0. The Morgan fingerprint density at radius 2 is 2.13 bits per heavy atom. The molecule has 1 unspecified atom stereocenters. The van der Waals surface area contributed by atoms with E-state index in [2.05, 4.69) is 17.1 Å². The molecule has 1 aromatic rings. The molecular weight excluding hydrogens is 292 g/mol. The van der Waals surface area contributed by atoms with Crippen LogP contribution in [0.1, 0.15) is 51.0 Å². The fourth-order valence-corrected chi connectivity index (χ4v) is 4.07. The quantitative estimate of drug-likeness (QED) is 0.899. The van der Waals surface area contributed by atoms with Crippen LogP contribution in [0.25, 0.3) is 0 Å². The fraction of sp³-hybridized carbons (Fsp3) is 0.706. The van der Waals surface area contributed by atoms with E-state index in [1.54, 1.807) is 6.20 Å². The minimum absolute atomic E-state index is 0.107. The van der Waals surface area contributed by atoms with Gasteiger partial charge in [-0.1, -0.05) is 6.92 Å². The number of piperidine rings is 1. The number of rotatable bonds is 5. The van der Waals surface area contributed by atoms with Gasteiger partial charge in [-0.25, -0.2) is 0 Å². The van der Waals surface area contributed by atoms with Crippen molar-refractivity contribution in [1.82, 2.24) is 20.0 Å². The van der Waals surface area contributed by atoms with Gasteiger partial charge in [0.05, 0.1) is 6.20 Å². The molecule has 2 amide bonds. The highest BCUT2D eigenvalue weighted by atomic mass is 16.2. The minimum atomic E-state index is -0.555. The predicted molar refractivity (Wildman–Crippen MR) is 86.7 cm³/mol. The Labute approximate surface area is 137 Å². The monoisotopic (exact) mass is 318 g/mol. The number of hydrogen-bond donors (Lipinski definition) is 1. The average molecular weight is 318 g/mol. The van der Waals surface area contributed by atoms with Gasteiger partial charge in [0.2, 0.25) is 11.8 Å². The number of amides is 2. The lowest BCUT2D eigenvalue weighted by molar-refractivity contribution is -0.155. The van der Waals surface area contributed by atoms with Crippen LogP contribution in [0, 0.1) is 0 Å². The summed E-state index contributed by atoms with van der Waals surface area (Å²) in [5, 5.41) is 6.68. The number of H-pyrrole nitrogens is 1. The molecule has 1 atom stereocenters. The van der Waals surface area contributed by atoms with E-state index in [1.165, 1.54) is 0 Å². The highest BCUT2D eigenvalue weighted by molar-refractivity contribution is 5.92. The highest BCUT2D eigenvalue weighted by Crippen LogP contribution is 2.38. The maximum atomic E-state index is 13.0. The van der Waals surface area contributed by atoms with Crippen molar-refractivity contribution in [1.29, 1.82) is 0 Å². The standard InChI is InChI=1S/C17H26N4O2/c1-2-9-20-10-3-7-17(16(20)23)8-4-11-21(17)15(22)6-5-14-12-18-19-13-14/h12-13H,2-11H2,1H3,(H,18,19). The van der Waals surface area contributed by atoms with Gasteiger partial charge in [-0.3, -0.25) is 14.7 Å². The molecule has 1 spiro atoms. The molecule has 0 radical (unpaired) electrons. The zero-order chi connectivity index (χ0) is 16.3. The first-order chi connectivity index (χ1) is 11.2. The zero-order valence-corrected chi connectivity index (χ0v) is 13.9. The molecule has 6 nitrogen and oxygen atoms in total. The molecule has 2 aliphatic heterocycles. The molecule has 0 bridgehead atoms. The number of hydrogen-bond acceptors (Lipinski definition) is 3. The molecule has 0 aliphatic carbocycles. The van der Waals surface area contributed by atoms with Gasteiger partial charge in [0.25, 0.3) is 0 Å². The Hall–Kier alpha value is -1.85. The van der Waals surface area contributed by atoms with Crippen molar-refractivity contribution in [2.24, 2.45) is 0 Å². The van der Waals surface area contributed by atoms with Crippen LogP contribution in [0.5, 0.6) is 0 Å². The van der Waals surface area contributed by atoms with Gasteiger partial charge in [-0.2, -0.15) is 5.10 Å². The summed E-state index contributed by atoms with van der Waals surface area (Å²) in [6, 6.07) is 0. The second-order valence-corrected chi connectivity index (χ2v) is 6.68. The summed E-state index contributed by atoms with van der Waals surface area (Å²) in [5.41, 5.74) is 0.482. The molecule has 0 saturated carbocycles. The maximum absolute atomic E-state index is 13.0. The zero-order valence-electron chi connectivity index (χ0n) is 13.9. The third-order valence-electron chi connectivity index (χ3n) is 5.17. The van der Waals surface area contributed by atoms with Crippen molar-refractivity contribution in [3.05, 3.63) is 18.0 Å². The maximum Gasteiger partial charge on any atom is 0.248 e. The van der Waals surface area contributed by atoms with E-state index in [-0.39, 0.29) is 11.8 Å². The number of nitrogens with one attached hydrogen (secondary N) is 1. The van der Waals surface area contributed by atoms with Gasteiger partial charge in [-0.15, -0.1) is 0 Å². The lowest BCUT2D eigenvalue weighted by atomic mass is 9.85. The van der Waals surface area contributed by atoms with E-state index in [0.717, 1.165) is 57.3 Å². The van der Waals surface area contributed by atoms with E-state index in [1.807, 2.05) is 16.0 Å². The largest absolute Gasteiger partial charge is 0.341 e. The topological polar surface area (TPSA) is 69.3 Å². The van der Waals surface area contributed by atoms with E-state index in [4.69, 9.17) is 0 Å². The third-order valence-corrected chi connectivity index (χ3v) is 5.17. The summed E-state index contributed by atoms with van der Waals surface area (Å²) < 4.78 is 0. The predicted octanol–water partition coefficient (Wildman–Crippen LogP) is 1.74. The summed E-state index contributed by atoms with van der Waals surface area (Å²) in [6.45, 7) is 4.45. The number of aromatic amines is 1. The molecule has 2 fully saturated rings. The van der Waals surface area contributed by atoms with Crippen LogP contribution in [-0.4, -0.2) is 57.0 Å². The van der Waals surface area contributed by atoms with Gasteiger partial charge in [0, 0.05) is 32.3 Å². The number of aryl methyl sites for hydroxylation is 1. The van der Waals surface area contributed by atoms with E-state index < -0.39 is 5.54 Å². The lowest BCUT2D eigenvalue weighted by Gasteiger charge is -2.44. The van der Waals surface area contributed by atoms with Crippen LogP contribution < -0.4 is 0 Å². The molecule has 126 valence electrons. The summed E-state index contributed by atoms with van der Waals surface area (Å²) in [5.74, 6) is 0.287. The fourth-order valence-electron chi connectivity index (χ4n) is 4.07. The Morgan fingerprint density at radius 1 is 1.35 bits per heavy atom. The summed E-state index contributed by atoms with van der Waals surface area (Å²) >= 11 is 0. The van der Waals surface area contributed by atoms with Crippen LogP contribution in [0.3, 0.4) is 0 Å². The lowest BCUT2D eigenvalue weighted by Crippen LogP contribution is -2.61. The number of carbonyl (C=O) groups is 2. The molecule has 0 aromatic carbocycles. The summed E-state index contributed by atoms with van der Waals surface area (Å²) in [7, 11) is 0. The highest BCUT2D eigenvalue weighted by Gasteiger charge is 2.52. The molecule has 3 heterocycles. The van der Waals surface area contributed by atoms with E-state index in [9.17, 15) is 9.59 Å². The van der Waals surface area contributed by atoms with Crippen LogP contribution in [0.15, 0.2) is 12.4 Å². The van der Waals surface area contributed by atoms with Crippen LogP contribution >= 0.6 is 0 Å². The van der Waals surface area contributed by atoms with Crippen molar-refractivity contribution in [3.8, 4) is 0 Å². The molecule has 6 heteroatoms. The van der Waals surface area contributed by atoms with Crippen molar-refractivity contribution in [3.63, 3.8) is 0 Å². The molecule has 2 aliphatic rings. The van der Waals surface area contributed by atoms with Crippen molar-refractivity contribution < 1.29 is 9.59 Å². The van der Waals surface area contributed by atoms with Crippen molar-refractivity contribution in [2.75, 3.05) is 19.6 Å². The average Bonchev–Trinajstić information content (AvgIpc) is 3.20. The smallest absolute Gasteiger partial charge is 0.248 e. The van der Waals surface area contributed by atoms with Gasteiger partial charge >= 0.3 is 0 Å². The van der Waals surface area contributed by atoms with E-state index >= 15 is 0 Å². The van der Waals surface area contributed by atoms with Crippen molar-refractivity contribution >= 4 is 11.8 Å². The molecule has 1 aromatic heterocycles. The van der Waals surface area contributed by atoms with Crippen molar-refractivity contribution in [2.45, 2.75) is 57.4 Å². The third kappa shape index (κ3) is 2.99. The van der Waals surface area contributed by atoms with Gasteiger partial charge in [-0.05, 0) is 44.1 Å². The number of aromatic nitrogens is 2. The number of nitrogens with zero attached hydrogens (tertiary/aromatic N) is 3. The molecule has 1 N–H and O–H groups in total. The summed E-state index contributed by atoms with van der Waals surface area (Å²) in [6.07, 6.45) is 9.24. The second kappa shape index (κ2) is 6.72. The van der Waals surface area contributed by atoms with Crippen LogP contribution in [-0.2, 0) is 16.0 Å². The van der Waals surface area contributed by atoms with Gasteiger partial charge in [0.1, 0.15) is 5.54 Å². The second-order valence-electron chi connectivity index (χ2n) is 6.68. The SMILES string of the molecule is CCCN1CCCC2(CCCN2C(=O)CCc2cn[nH]c2)C1=O. The normalized spacial score (nSPS) is 24.7.